The highest BCUT2D eigenvalue weighted by atomic mass is 16.2. The maximum Gasteiger partial charge on any atom is 0.328 e. The van der Waals surface area contributed by atoms with Crippen molar-refractivity contribution in [3.05, 3.63) is 45.1 Å². The zero-order chi connectivity index (χ0) is 11.7. The van der Waals surface area contributed by atoms with Crippen LogP contribution in [0.5, 0.6) is 0 Å². The number of rotatable bonds is 2. The number of nitrogens with two attached hydrogens (primary N) is 1. The lowest BCUT2D eigenvalue weighted by Crippen LogP contribution is -2.39. The molecule has 0 aliphatic rings. The van der Waals surface area contributed by atoms with Gasteiger partial charge in [-0.05, 0) is 19.1 Å². The van der Waals surface area contributed by atoms with E-state index in [2.05, 4.69) is 4.98 Å². The molecular weight excluding hydrogens is 206 g/mol. The molecular formula is C11H13N3O2. The normalized spacial score (nSPS) is 12.9. The van der Waals surface area contributed by atoms with Gasteiger partial charge in [0.2, 0.25) is 0 Å². The fraction of sp³-hybridized carbons (Fsp3) is 0.273. The van der Waals surface area contributed by atoms with Crippen LogP contribution in [0, 0.1) is 0 Å². The number of aromatic amines is 1. The summed E-state index contributed by atoms with van der Waals surface area (Å²) in [6.07, 6.45) is 0. The van der Waals surface area contributed by atoms with Crippen molar-refractivity contribution in [2.75, 3.05) is 0 Å². The van der Waals surface area contributed by atoms with Crippen LogP contribution in [0.3, 0.4) is 0 Å². The van der Waals surface area contributed by atoms with Crippen molar-refractivity contribution in [2.45, 2.75) is 19.5 Å². The molecule has 2 aromatic rings. The molecule has 0 saturated heterocycles. The highest BCUT2D eigenvalue weighted by Gasteiger charge is 2.07. The molecule has 0 amide bonds. The third-order valence-corrected chi connectivity index (χ3v) is 2.36. The van der Waals surface area contributed by atoms with Gasteiger partial charge in [0.05, 0.1) is 10.9 Å². The van der Waals surface area contributed by atoms with E-state index in [0.717, 1.165) is 4.57 Å². The molecule has 1 heterocycles. The lowest BCUT2D eigenvalue weighted by atomic mass is 10.2. The minimum Gasteiger partial charge on any atom is -0.326 e. The van der Waals surface area contributed by atoms with E-state index in [1.54, 1.807) is 31.2 Å². The van der Waals surface area contributed by atoms with Crippen LogP contribution < -0.4 is 17.0 Å². The Balaban J connectivity index is 2.76. The van der Waals surface area contributed by atoms with Gasteiger partial charge >= 0.3 is 5.69 Å². The summed E-state index contributed by atoms with van der Waals surface area (Å²) in [7, 11) is 0. The number of nitrogens with one attached hydrogen (secondary N) is 1. The van der Waals surface area contributed by atoms with Crippen molar-refractivity contribution in [2.24, 2.45) is 5.73 Å². The summed E-state index contributed by atoms with van der Waals surface area (Å²) in [5.74, 6) is 0. The third kappa shape index (κ3) is 1.77. The van der Waals surface area contributed by atoms with E-state index in [9.17, 15) is 9.59 Å². The van der Waals surface area contributed by atoms with Gasteiger partial charge in [0, 0.05) is 12.6 Å². The average molecular weight is 219 g/mol. The van der Waals surface area contributed by atoms with Crippen molar-refractivity contribution in [1.82, 2.24) is 9.55 Å². The summed E-state index contributed by atoms with van der Waals surface area (Å²) in [4.78, 5) is 26.3. The average Bonchev–Trinajstić information content (AvgIpc) is 2.24. The standard InChI is InChI=1S/C11H13N3O2/c1-7(12)6-14-10(15)8-4-2-3-5-9(8)13-11(14)16/h2-5,7H,6,12H2,1H3,(H,13,16). The molecule has 84 valence electrons. The first-order chi connectivity index (χ1) is 7.59. The molecule has 0 fully saturated rings. The van der Waals surface area contributed by atoms with Crippen LogP contribution in [-0.4, -0.2) is 15.6 Å². The number of para-hydroxylation sites is 1. The van der Waals surface area contributed by atoms with Gasteiger partial charge in [0.1, 0.15) is 0 Å². The van der Waals surface area contributed by atoms with Gasteiger partial charge in [0.15, 0.2) is 0 Å². The Hall–Kier alpha value is -1.88. The second kappa shape index (κ2) is 3.94. The van der Waals surface area contributed by atoms with Crippen molar-refractivity contribution < 1.29 is 0 Å². The largest absolute Gasteiger partial charge is 0.328 e. The van der Waals surface area contributed by atoms with Crippen LogP contribution in [0.1, 0.15) is 6.92 Å². The van der Waals surface area contributed by atoms with Crippen LogP contribution >= 0.6 is 0 Å². The monoisotopic (exact) mass is 219 g/mol. The van der Waals surface area contributed by atoms with Crippen molar-refractivity contribution in [3.8, 4) is 0 Å². The summed E-state index contributed by atoms with van der Waals surface area (Å²) in [5.41, 5.74) is 5.44. The Morgan fingerprint density at radius 1 is 1.38 bits per heavy atom. The zero-order valence-electron chi connectivity index (χ0n) is 8.93. The lowest BCUT2D eigenvalue weighted by molar-refractivity contribution is 0.554. The maximum atomic E-state index is 12.0. The van der Waals surface area contributed by atoms with E-state index in [1.165, 1.54) is 0 Å². The second-order valence-electron chi connectivity index (χ2n) is 3.87. The van der Waals surface area contributed by atoms with E-state index in [1.807, 2.05) is 0 Å². The number of H-pyrrole nitrogens is 1. The number of hydrogen-bond acceptors (Lipinski definition) is 3. The Morgan fingerprint density at radius 2 is 2.06 bits per heavy atom. The van der Waals surface area contributed by atoms with E-state index in [0.29, 0.717) is 10.9 Å². The number of benzene rings is 1. The molecule has 0 radical (unpaired) electrons. The molecule has 0 saturated carbocycles. The molecule has 0 spiro atoms. The van der Waals surface area contributed by atoms with Crippen LogP contribution in [-0.2, 0) is 6.54 Å². The highest BCUT2D eigenvalue weighted by molar-refractivity contribution is 5.76. The summed E-state index contributed by atoms with van der Waals surface area (Å²) >= 11 is 0. The fourth-order valence-electron chi connectivity index (χ4n) is 1.65. The summed E-state index contributed by atoms with van der Waals surface area (Å²) in [6, 6.07) is 6.69. The summed E-state index contributed by atoms with van der Waals surface area (Å²) < 4.78 is 1.13. The zero-order valence-corrected chi connectivity index (χ0v) is 8.93. The van der Waals surface area contributed by atoms with Gasteiger partial charge in [-0.2, -0.15) is 0 Å². The topological polar surface area (TPSA) is 80.9 Å². The van der Waals surface area contributed by atoms with Gasteiger partial charge in [-0.15, -0.1) is 0 Å². The van der Waals surface area contributed by atoms with Gasteiger partial charge in [-0.1, -0.05) is 12.1 Å². The SMILES string of the molecule is CC(N)Cn1c(=O)[nH]c2ccccc2c1=O. The maximum absolute atomic E-state index is 12.0. The van der Waals surface area contributed by atoms with Crippen molar-refractivity contribution >= 4 is 10.9 Å². The molecule has 1 atom stereocenters. The van der Waals surface area contributed by atoms with Gasteiger partial charge in [-0.25, -0.2) is 4.79 Å². The van der Waals surface area contributed by atoms with Gasteiger partial charge in [-0.3, -0.25) is 9.36 Å². The summed E-state index contributed by atoms with van der Waals surface area (Å²) in [6.45, 7) is 1.97. The van der Waals surface area contributed by atoms with Crippen LogP contribution in [0.15, 0.2) is 33.9 Å². The molecule has 2 rings (SSSR count). The first-order valence-electron chi connectivity index (χ1n) is 5.07. The molecule has 3 N–H and O–H groups in total. The number of aromatic nitrogens is 2. The minimum absolute atomic E-state index is 0.221. The minimum atomic E-state index is -0.416. The Kier molecular flexibility index (Phi) is 2.62. The smallest absolute Gasteiger partial charge is 0.326 e. The molecule has 0 aliphatic carbocycles. The summed E-state index contributed by atoms with van der Waals surface area (Å²) in [5, 5.41) is 0.503. The Morgan fingerprint density at radius 3 is 2.75 bits per heavy atom. The highest BCUT2D eigenvalue weighted by Crippen LogP contribution is 2.02. The number of hydrogen-bond donors (Lipinski definition) is 2. The van der Waals surface area contributed by atoms with Crippen LogP contribution in [0.25, 0.3) is 10.9 Å². The lowest BCUT2D eigenvalue weighted by Gasteiger charge is -2.08. The van der Waals surface area contributed by atoms with E-state index >= 15 is 0 Å². The predicted molar refractivity (Wildman–Crippen MR) is 62.5 cm³/mol. The fourth-order valence-corrected chi connectivity index (χ4v) is 1.65. The molecule has 1 unspecified atom stereocenters. The molecule has 1 aromatic carbocycles. The predicted octanol–water partition coefficient (Wildman–Crippen LogP) is 0.0370. The number of nitrogens with zero attached hydrogens (tertiary/aromatic N) is 1. The quantitative estimate of drug-likeness (QED) is 0.748. The Labute approximate surface area is 91.5 Å². The molecule has 0 aliphatic heterocycles. The van der Waals surface area contributed by atoms with Crippen molar-refractivity contribution in [1.29, 1.82) is 0 Å². The second-order valence-corrected chi connectivity index (χ2v) is 3.87. The Bertz CT molecular complexity index is 625. The molecule has 5 nitrogen and oxygen atoms in total. The molecule has 16 heavy (non-hydrogen) atoms. The van der Waals surface area contributed by atoms with Gasteiger partial charge < -0.3 is 10.7 Å². The van der Waals surface area contributed by atoms with Gasteiger partial charge in [0.25, 0.3) is 5.56 Å². The van der Waals surface area contributed by atoms with Crippen LogP contribution in [0.2, 0.25) is 0 Å². The molecule has 0 bridgehead atoms. The third-order valence-electron chi connectivity index (χ3n) is 2.36. The van der Waals surface area contributed by atoms with Crippen LogP contribution in [0.4, 0.5) is 0 Å². The number of fused-ring (bicyclic) bond motifs is 1. The first kappa shape index (κ1) is 10.6. The van der Waals surface area contributed by atoms with E-state index in [-0.39, 0.29) is 18.1 Å². The molecule has 5 heteroatoms. The van der Waals surface area contributed by atoms with Crippen molar-refractivity contribution in [3.63, 3.8) is 0 Å². The molecule has 1 aromatic heterocycles. The first-order valence-corrected chi connectivity index (χ1v) is 5.07. The van der Waals surface area contributed by atoms with E-state index < -0.39 is 5.69 Å². The van der Waals surface area contributed by atoms with E-state index in [4.69, 9.17) is 5.73 Å².